The van der Waals surface area contributed by atoms with Crippen LogP contribution in [0, 0.1) is 5.41 Å². The first-order valence-electron chi connectivity index (χ1n) is 25.8. The molecule has 0 unspecified atom stereocenters. The number of hydrogen-bond acceptors (Lipinski definition) is 13. The molecule has 4 aliphatic rings. The van der Waals surface area contributed by atoms with E-state index in [-0.39, 0.29) is 57.7 Å². The molecule has 1 aliphatic carbocycles. The predicted octanol–water partition coefficient (Wildman–Crippen LogP) is 9.30. The van der Waals surface area contributed by atoms with E-state index in [1.807, 2.05) is 36.4 Å². The lowest BCUT2D eigenvalue weighted by molar-refractivity contribution is -0.0628. The van der Waals surface area contributed by atoms with Crippen LogP contribution in [-0.4, -0.2) is 115 Å². The summed E-state index contributed by atoms with van der Waals surface area (Å²) >= 11 is 0. The van der Waals surface area contributed by atoms with E-state index in [1.54, 1.807) is 25.6 Å². The SMILES string of the molecule is COc1ccc(CN2CCN(C3CC4(CCN(c5ccc(C(=O)NS(=O)(=O)c6cc(N)c(NCC7(F)CCOCC7)c7[nH]cnc67)c(Oc6cnc7[nH]ccc7c6)c5)CC4)C3)[C@H](c3ccccc3C(C)C)C2)cc1. The molecule has 4 fully saturated rings. The molecule has 1 amide bonds. The third-order valence-electron chi connectivity index (χ3n) is 16.0. The van der Waals surface area contributed by atoms with Crippen LogP contribution < -0.4 is 30.1 Å². The van der Waals surface area contributed by atoms with Crippen molar-refractivity contribution in [3.63, 3.8) is 0 Å². The van der Waals surface area contributed by atoms with Crippen LogP contribution in [-0.2, 0) is 21.3 Å². The number of amides is 1. The van der Waals surface area contributed by atoms with Crippen molar-refractivity contribution < 1.29 is 31.8 Å². The first kappa shape index (κ1) is 49.5. The normalized spacial score (nSPS) is 19.5. The average Bonchev–Trinajstić information content (AvgIpc) is 4.09. The number of nitrogen functional groups attached to an aromatic ring is 1. The number of alkyl halides is 1. The van der Waals surface area contributed by atoms with Gasteiger partial charge in [-0.3, -0.25) is 14.6 Å². The number of nitrogens with zero attached hydrogens (tertiary/aromatic N) is 5. The second kappa shape index (κ2) is 20.2. The largest absolute Gasteiger partial charge is 0.497 e. The quantitative estimate of drug-likeness (QED) is 0.0610. The van der Waals surface area contributed by atoms with Gasteiger partial charge in [-0.25, -0.2) is 27.5 Å². The lowest BCUT2D eigenvalue weighted by atomic mass is 9.59. The fraction of sp³-hybridized carbons (Fsp3) is 0.411. The van der Waals surface area contributed by atoms with E-state index in [0.717, 1.165) is 81.8 Å². The number of ether oxygens (including phenoxy) is 3. The van der Waals surface area contributed by atoms with E-state index in [2.05, 4.69) is 94.9 Å². The Kier molecular flexibility index (Phi) is 13.5. The number of piperazine rings is 1. The number of H-pyrrole nitrogens is 2. The van der Waals surface area contributed by atoms with Gasteiger partial charge in [0.05, 0.1) is 42.1 Å². The van der Waals surface area contributed by atoms with Gasteiger partial charge in [-0.1, -0.05) is 50.2 Å². The second-order valence-electron chi connectivity index (χ2n) is 21.1. The molecule has 3 aromatic heterocycles. The van der Waals surface area contributed by atoms with Crippen LogP contribution in [0.25, 0.3) is 22.1 Å². The summed E-state index contributed by atoms with van der Waals surface area (Å²) in [5.41, 5.74) is 11.5. The smallest absolute Gasteiger partial charge is 0.268 e. The standard InChI is InChI=1S/C56H65FN10O6S/c1-36(2)43-6-4-5-7-44(43)47-33-65(32-37-8-11-41(71-3)12-9-37)22-23-67(47)40-29-55(30-40)15-20-66(21-16-55)39-10-13-45(48(27-39)73-42-26-38-14-19-59-53(38)60-31-42)54(68)64-74(69,70)49-28-46(58)50(52-51(49)62-35-63-52)61-34-56(57)17-24-72-25-18-56/h4-14,19,26-28,31,35-36,40,47,61H,15-18,20-25,29-30,32-34,58H2,1-3H3,(H,59,60)(H,62,63)(H,64,68)/t47-/m0/s1. The first-order valence-corrected chi connectivity index (χ1v) is 27.3. The molecule has 18 heteroatoms. The molecule has 0 radical (unpaired) electrons. The second-order valence-corrected chi connectivity index (χ2v) is 22.7. The summed E-state index contributed by atoms with van der Waals surface area (Å²) in [5.74, 6) is 0.943. The number of sulfonamides is 1. The Balaban J connectivity index is 0.798. The number of piperidine rings is 1. The van der Waals surface area contributed by atoms with E-state index in [1.165, 1.54) is 29.1 Å². The van der Waals surface area contributed by atoms with Gasteiger partial charge in [0.1, 0.15) is 39.0 Å². The number of aromatic amines is 2. The Morgan fingerprint density at radius 2 is 1.72 bits per heavy atom. The molecule has 3 aliphatic heterocycles. The Hall–Kier alpha value is -6.73. The number of methoxy groups -OCH3 is 1. The van der Waals surface area contributed by atoms with Gasteiger partial charge in [0.25, 0.3) is 15.9 Å². The van der Waals surface area contributed by atoms with Gasteiger partial charge in [0.2, 0.25) is 0 Å². The fourth-order valence-corrected chi connectivity index (χ4v) is 13.0. The van der Waals surface area contributed by atoms with Crippen LogP contribution in [0.2, 0.25) is 0 Å². The number of imidazole rings is 1. The summed E-state index contributed by atoms with van der Waals surface area (Å²) in [6, 6.07) is 28.5. The summed E-state index contributed by atoms with van der Waals surface area (Å²) in [6.07, 6.45) is 9.48. The molecule has 7 aromatic rings. The third kappa shape index (κ3) is 9.99. The average molecular weight is 1030 g/mol. The van der Waals surface area contributed by atoms with Crippen molar-refractivity contribution in [2.75, 3.05) is 75.5 Å². The van der Waals surface area contributed by atoms with Gasteiger partial charge in [-0.05, 0) is 96.2 Å². The summed E-state index contributed by atoms with van der Waals surface area (Å²) in [5, 5.41) is 3.89. The Bertz CT molecular complexity index is 3270. The molecule has 1 spiro atoms. The highest BCUT2D eigenvalue weighted by Crippen LogP contribution is 2.53. The van der Waals surface area contributed by atoms with Gasteiger partial charge in [0.15, 0.2) is 0 Å². The molecule has 3 saturated heterocycles. The summed E-state index contributed by atoms with van der Waals surface area (Å²) in [7, 11) is -2.87. The van der Waals surface area contributed by atoms with E-state index in [4.69, 9.17) is 19.9 Å². The predicted molar refractivity (Wildman–Crippen MR) is 285 cm³/mol. The number of benzene rings is 4. The lowest BCUT2D eigenvalue weighted by Crippen LogP contribution is -2.60. The highest BCUT2D eigenvalue weighted by atomic mass is 32.2. The molecule has 4 aromatic carbocycles. The molecule has 1 atom stereocenters. The molecule has 6 N–H and O–H groups in total. The van der Waals surface area contributed by atoms with Gasteiger partial charge in [0, 0.05) is 107 Å². The van der Waals surface area contributed by atoms with Crippen molar-refractivity contribution in [2.24, 2.45) is 5.41 Å². The summed E-state index contributed by atoms with van der Waals surface area (Å²) < 4.78 is 63.4. The molecule has 74 heavy (non-hydrogen) atoms. The van der Waals surface area contributed by atoms with Crippen molar-refractivity contribution in [3.8, 4) is 17.2 Å². The number of hydrogen-bond donors (Lipinski definition) is 5. The first-order chi connectivity index (χ1) is 35.8. The molecular formula is C56H65FN10O6S. The number of fused-ring (bicyclic) bond motifs is 2. The Morgan fingerprint density at radius 1 is 0.932 bits per heavy atom. The minimum absolute atomic E-state index is 0.00809. The van der Waals surface area contributed by atoms with Gasteiger partial charge in [-0.2, -0.15) is 0 Å². The maximum absolute atomic E-state index is 15.5. The van der Waals surface area contributed by atoms with Crippen LogP contribution in [0.3, 0.4) is 0 Å². The number of halogens is 1. The molecule has 6 heterocycles. The number of carbonyl (C=O) groups is 1. The van der Waals surface area contributed by atoms with Crippen molar-refractivity contribution in [1.82, 2.24) is 34.5 Å². The number of nitrogens with two attached hydrogens (primary N) is 1. The van der Waals surface area contributed by atoms with Gasteiger partial charge < -0.3 is 40.1 Å². The minimum Gasteiger partial charge on any atom is -0.497 e. The zero-order chi connectivity index (χ0) is 51.2. The van der Waals surface area contributed by atoms with Gasteiger partial charge in [-0.15, -0.1) is 0 Å². The third-order valence-corrected chi connectivity index (χ3v) is 17.4. The number of nitrogens with one attached hydrogen (secondary N) is 4. The molecule has 388 valence electrons. The maximum atomic E-state index is 15.5. The number of carbonyl (C=O) groups excluding carboxylic acids is 1. The van der Waals surface area contributed by atoms with Crippen LogP contribution in [0.5, 0.6) is 17.2 Å². The molecule has 11 rings (SSSR count). The topological polar surface area (TPSA) is 196 Å². The van der Waals surface area contributed by atoms with Crippen LogP contribution in [0.4, 0.5) is 21.5 Å². The zero-order valence-electron chi connectivity index (χ0n) is 42.2. The van der Waals surface area contributed by atoms with E-state index >= 15 is 4.39 Å². The monoisotopic (exact) mass is 1020 g/mol. The van der Waals surface area contributed by atoms with E-state index < -0.39 is 21.6 Å². The molecular weight excluding hydrogens is 960 g/mol. The minimum atomic E-state index is -4.57. The van der Waals surface area contributed by atoms with E-state index in [0.29, 0.717) is 48.3 Å². The van der Waals surface area contributed by atoms with Crippen LogP contribution in [0.1, 0.15) is 91.4 Å². The van der Waals surface area contributed by atoms with Crippen molar-refractivity contribution in [2.45, 2.75) is 87.5 Å². The fourth-order valence-electron chi connectivity index (χ4n) is 11.8. The summed E-state index contributed by atoms with van der Waals surface area (Å²) in [4.78, 5) is 36.5. The van der Waals surface area contributed by atoms with Crippen molar-refractivity contribution >= 4 is 55.1 Å². The van der Waals surface area contributed by atoms with Crippen LogP contribution in [0.15, 0.2) is 109 Å². The number of pyridine rings is 1. The van der Waals surface area contributed by atoms with Gasteiger partial charge >= 0.3 is 0 Å². The number of anilines is 3. The molecule has 16 nitrogen and oxygen atoms in total. The van der Waals surface area contributed by atoms with E-state index in [9.17, 15) is 13.2 Å². The van der Waals surface area contributed by atoms with Crippen molar-refractivity contribution in [1.29, 1.82) is 0 Å². The van der Waals surface area contributed by atoms with Crippen LogP contribution >= 0.6 is 0 Å². The summed E-state index contributed by atoms with van der Waals surface area (Å²) in [6.45, 7) is 10.7. The molecule has 0 bridgehead atoms. The lowest BCUT2D eigenvalue weighted by Gasteiger charge is -2.58. The number of rotatable bonds is 15. The maximum Gasteiger partial charge on any atom is 0.268 e. The highest BCUT2D eigenvalue weighted by Gasteiger charge is 2.50. The zero-order valence-corrected chi connectivity index (χ0v) is 43.0. The highest BCUT2D eigenvalue weighted by molar-refractivity contribution is 7.90. The van der Waals surface area contributed by atoms with Crippen molar-refractivity contribution in [3.05, 3.63) is 126 Å². The number of aromatic nitrogens is 4. The Morgan fingerprint density at radius 3 is 2.49 bits per heavy atom. The Labute approximate surface area is 431 Å². The molecule has 1 saturated carbocycles.